The summed E-state index contributed by atoms with van der Waals surface area (Å²) in [5.41, 5.74) is 15.5. The van der Waals surface area contributed by atoms with E-state index in [-0.39, 0.29) is 10.8 Å². The van der Waals surface area contributed by atoms with E-state index >= 15 is 0 Å². The second-order valence-corrected chi connectivity index (χ2v) is 14.2. The Morgan fingerprint density at radius 2 is 1.00 bits per heavy atom. The monoisotopic (exact) mass is 585 g/mol. The van der Waals surface area contributed by atoms with Gasteiger partial charge < -0.3 is 4.90 Å². The fourth-order valence-corrected chi connectivity index (χ4v) is 8.37. The van der Waals surface area contributed by atoms with Crippen molar-refractivity contribution in [3.05, 3.63) is 155 Å². The lowest BCUT2D eigenvalue weighted by molar-refractivity contribution is 0.660. The molecule has 0 spiro atoms. The second-order valence-electron chi connectivity index (χ2n) is 13.1. The van der Waals surface area contributed by atoms with Crippen molar-refractivity contribution in [2.75, 3.05) is 4.90 Å². The fourth-order valence-electron chi connectivity index (χ4n) is 7.50. The summed E-state index contributed by atoms with van der Waals surface area (Å²) in [5, 5.41) is 0. The van der Waals surface area contributed by atoms with Crippen molar-refractivity contribution >= 4 is 34.5 Å². The average molecular weight is 586 g/mol. The molecule has 0 fully saturated rings. The maximum Gasteiger partial charge on any atom is 0.0465 e. The third-order valence-corrected chi connectivity index (χ3v) is 11.0. The summed E-state index contributed by atoms with van der Waals surface area (Å²) in [4.78, 5) is 4.88. The SMILES string of the molecule is C=Cc1ccc(-c2ccc(N(c3ccc4c(c3)C(C)(C)c3ccccc3-4)c3ccc4c(c3)C(C)(C)c3ccccc3-4)cc2)s1. The molecule has 1 nitrogen and oxygen atoms in total. The van der Waals surface area contributed by atoms with Crippen LogP contribution in [-0.4, -0.2) is 0 Å². The Bertz CT molecular complexity index is 1980. The lowest BCUT2D eigenvalue weighted by Gasteiger charge is -2.30. The summed E-state index contributed by atoms with van der Waals surface area (Å²) in [7, 11) is 0. The molecular weight excluding hydrogens is 551 g/mol. The summed E-state index contributed by atoms with van der Waals surface area (Å²) in [6.45, 7) is 13.4. The highest BCUT2D eigenvalue weighted by molar-refractivity contribution is 7.16. The first-order chi connectivity index (χ1) is 21.3. The molecule has 2 aliphatic carbocycles. The van der Waals surface area contributed by atoms with Crippen molar-refractivity contribution in [2.24, 2.45) is 0 Å². The van der Waals surface area contributed by atoms with Crippen LogP contribution in [0.3, 0.4) is 0 Å². The molecule has 2 heteroatoms. The minimum absolute atomic E-state index is 0.0684. The minimum atomic E-state index is -0.0684. The van der Waals surface area contributed by atoms with Gasteiger partial charge in [0.1, 0.15) is 0 Å². The highest BCUT2D eigenvalue weighted by atomic mass is 32.1. The number of hydrogen-bond donors (Lipinski definition) is 0. The smallest absolute Gasteiger partial charge is 0.0465 e. The minimum Gasteiger partial charge on any atom is -0.310 e. The van der Waals surface area contributed by atoms with E-state index in [9.17, 15) is 0 Å². The van der Waals surface area contributed by atoms with Crippen molar-refractivity contribution in [3.8, 4) is 32.7 Å². The van der Waals surface area contributed by atoms with Gasteiger partial charge in [-0.3, -0.25) is 0 Å². The topological polar surface area (TPSA) is 3.24 Å². The van der Waals surface area contributed by atoms with E-state index < -0.39 is 0 Å². The Hall–Kier alpha value is -4.66. The van der Waals surface area contributed by atoms with Crippen LogP contribution in [0.25, 0.3) is 38.8 Å². The molecule has 2 aliphatic rings. The van der Waals surface area contributed by atoms with Gasteiger partial charge in [0.05, 0.1) is 0 Å². The Morgan fingerprint density at radius 3 is 1.50 bits per heavy atom. The van der Waals surface area contributed by atoms with Gasteiger partial charge in [0, 0.05) is 37.6 Å². The van der Waals surface area contributed by atoms with Gasteiger partial charge in [0.2, 0.25) is 0 Å². The summed E-state index contributed by atoms with van der Waals surface area (Å²) in [6.07, 6.45) is 1.92. The van der Waals surface area contributed by atoms with Gasteiger partial charge in [-0.25, -0.2) is 0 Å². The first-order valence-electron chi connectivity index (χ1n) is 15.4. The van der Waals surface area contributed by atoms with Crippen LogP contribution in [0.4, 0.5) is 17.1 Å². The maximum absolute atomic E-state index is 3.94. The van der Waals surface area contributed by atoms with Gasteiger partial charge in [0.15, 0.2) is 0 Å². The molecule has 0 aliphatic heterocycles. The Kier molecular flexibility index (Phi) is 5.92. The molecule has 214 valence electrons. The number of nitrogens with zero attached hydrogens (tertiary/aromatic N) is 1. The van der Waals surface area contributed by atoms with Gasteiger partial charge in [-0.2, -0.15) is 0 Å². The van der Waals surface area contributed by atoms with Crippen LogP contribution in [0, 0.1) is 0 Å². The van der Waals surface area contributed by atoms with Crippen molar-refractivity contribution in [3.63, 3.8) is 0 Å². The maximum atomic E-state index is 3.94. The number of benzene rings is 5. The van der Waals surface area contributed by atoms with Crippen molar-refractivity contribution in [1.29, 1.82) is 0 Å². The highest BCUT2D eigenvalue weighted by Crippen LogP contribution is 2.53. The fraction of sp³-hybridized carbons (Fsp3) is 0.143. The first kappa shape index (κ1) is 26.9. The number of fused-ring (bicyclic) bond motifs is 6. The lowest BCUT2D eigenvalue weighted by Crippen LogP contribution is -2.18. The third kappa shape index (κ3) is 3.91. The van der Waals surface area contributed by atoms with Gasteiger partial charge in [0.25, 0.3) is 0 Å². The zero-order valence-corrected chi connectivity index (χ0v) is 26.5. The largest absolute Gasteiger partial charge is 0.310 e. The third-order valence-electron chi connectivity index (χ3n) is 9.89. The molecule has 44 heavy (non-hydrogen) atoms. The normalized spacial score (nSPS) is 14.8. The molecule has 0 saturated carbocycles. The highest BCUT2D eigenvalue weighted by Gasteiger charge is 2.37. The molecule has 0 radical (unpaired) electrons. The van der Waals surface area contributed by atoms with E-state index in [1.165, 1.54) is 71.2 Å². The summed E-state index contributed by atoms with van der Waals surface area (Å²) in [5.74, 6) is 0. The molecule has 0 N–H and O–H groups in total. The molecule has 0 saturated heterocycles. The average Bonchev–Trinajstić information content (AvgIpc) is 3.69. The lowest BCUT2D eigenvalue weighted by atomic mass is 9.82. The number of thiophene rings is 1. The number of anilines is 3. The molecule has 6 aromatic rings. The second kappa shape index (κ2) is 9.67. The van der Waals surface area contributed by atoms with Crippen molar-refractivity contribution in [1.82, 2.24) is 0 Å². The van der Waals surface area contributed by atoms with E-state index in [0.29, 0.717) is 0 Å². The molecule has 0 bridgehead atoms. The Morgan fingerprint density at radius 1 is 0.523 bits per heavy atom. The summed E-state index contributed by atoms with van der Waals surface area (Å²) >= 11 is 1.78. The molecule has 5 aromatic carbocycles. The zero-order chi connectivity index (χ0) is 30.2. The van der Waals surface area contributed by atoms with Crippen LogP contribution >= 0.6 is 11.3 Å². The van der Waals surface area contributed by atoms with E-state index in [4.69, 9.17) is 0 Å². The van der Waals surface area contributed by atoms with Gasteiger partial charge in [-0.15, -0.1) is 11.3 Å². The van der Waals surface area contributed by atoms with Gasteiger partial charge >= 0.3 is 0 Å². The molecule has 0 atom stereocenters. The number of hydrogen-bond acceptors (Lipinski definition) is 2. The standard InChI is InChI=1S/C42H35NS/c1-6-31-21-24-40(44-31)27-15-17-28(18-16-27)43(29-19-22-34-32-11-7-9-13-36(32)41(2,3)38(34)25-29)30-20-23-35-33-12-8-10-14-37(33)42(4,5)39(35)26-30/h6-26H,1H2,2-5H3. The first-order valence-corrected chi connectivity index (χ1v) is 16.2. The van der Waals surface area contributed by atoms with Crippen LogP contribution in [0.5, 0.6) is 0 Å². The van der Waals surface area contributed by atoms with Gasteiger partial charge in [-0.05, 0) is 98.6 Å². The van der Waals surface area contributed by atoms with Gasteiger partial charge in [-0.1, -0.05) is 113 Å². The van der Waals surface area contributed by atoms with Crippen LogP contribution in [0.15, 0.2) is 128 Å². The van der Waals surface area contributed by atoms with Crippen LogP contribution < -0.4 is 4.90 Å². The Balaban J connectivity index is 1.29. The van der Waals surface area contributed by atoms with E-state index in [1.54, 1.807) is 11.3 Å². The van der Waals surface area contributed by atoms with E-state index in [2.05, 4.69) is 161 Å². The molecule has 1 heterocycles. The van der Waals surface area contributed by atoms with E-state index in [1.807, 2.05) is 6.08 Å². The molecular formula is C42H35NS. The molecule has 0 unspecified atom stereocenters. The Labute approximate surface area is 264 Å². The predicted octanol–water partition coefficient (Wildman–Crippen LogP) is 12.1. The predicted molar refractivity (Wildman–Crippen MR) is 190 cm³/mol. The summed E-state index contributed by atoms with van der Waals surface area (Å²) < 4.78 is 0. The van der Waals surface area contributed by atoms with Crippen LogP contribution in [-0.2, 0) is 10.8 Å². The van der Waals surface area contributed by atoms with Crippen LogP contribution in [0.1, 0.15) is 54.8 Å². The molecule has 1 aromatic heterocycles. The van der Waals surface area contributed by atoms with Crippen molar-refractivity contribution in [2.45, 2.75) is 38.5 Å². The zero-order valence-electron chi connectivity index (χ0n) is 25.7. The quantitative estimate of drug-likeness (QED) is 0.194. The summed E-state index contributed by atoms with van der Waals surface area (Å²) in [6, 6.07) is 45.2. The molecule has 8 rings (SSSR count). The van der Waals surface area contributed by atoms with Crippen molar-refractivity contribution < 1.29 is 0 Å². The molecule has 0 amide bonds. The number of rotatable bonds is 5. The van der Waals surface area contributed by atoms with E-state index in [0.717, 1.165) is 5.69 Å². The van der Waals surface area contributed by atoms with Crippen LogP contribution in [0.2, 0.25) is 0 Å².